The van der Waals surface area contributed by atoms with Gasteiger partial charge >= 0.3 is 5.97 Å². The van der Waals surface area contributed by atoms with Crippen molar-refractivity contribution in [3.63, 3.8) is 0 Å². The fraction of sp³-hybridized carbons (Fsp3) is 0.886. The first kappa shape index (κ1) is 108. The molecule has 0 aliphatic rings. The number of carbonyl (C=O) groups is 8. The maximum Gasteiger partial charge on any atom is 0.305 e. The molecule has 0 saturated heterocycles. The van der Waals surface area contributed by atoms with Crippen molar-refractivity contribution in [1.29, 1.82) is 0 Å². The molecule has 113 heavy (non-hydrogen) atoms. The van der Waals surface area contributed by atoms with Gasteiger partial charge in [0.2, 0.25) is 41.4 Å². The molecule has 0 radical (unpaired) electrons. The van der Waals surface area contributed by atoms with Crippen molar-refractivity contribution < 1.29 is 171 Å². The van der Waals surface area contributed by atoms with Gasteiger partial charge in [-0.05, 0) is 0 Å². The molecule has 0 heterocycles. The minimum Gasteiger partial charge on any atom is -0.481 e. The van der Waals surface area contributed by atoms with Crippen LogP contribution in [-0.2, 0) is 166 Å². The molecule has 0 aliphatic carbocycles. The first-order valence-electron chi connectivity index (χ1n) is 37.8. The van der Waals surface area contributed by atoms with Gasteiger partial charge in [-0.2, -0.15) is 0 Å². The number of amides is 7. The fourth-order valence-corrected chi connectivity index (χ4v) is 7.97. The predicted octanol–water partition coefficient (Wildman–Crippen LogP) is -5.65. The second-order valence-electron chi connectivity index (χ2n) is 23.1. The second-order valence-corrected chi connectivity index (χ2v) is 23.1. The summed E-state index contributed by atoms with van der Waals surface area (Å²) in [6, 6.07) is 0. The van der Waals surface area contributed by atoms with Crippen LogP contribution in [-0.4, -0.2) is 456 Å². The summed E-state index contributed by atoms with van der Waals surface area (Å²) in [5.74, 6) is -3.65. The van der Waals surface area contributed by atoms with Gasteiger partial charge in [0, 0.05) is 74.3 Å². The molecule has 0 aliphatic heterocycles. The summed E-state index contributed by atoms with van der Waals surface area (Å²) in [5.41, 5.74) is 0. The summed E-state index contributed by atoms with van der Waals surface area (Å²) in [6.45, 7) is 9.28. The zero-order valence-corrected chi connectivity index (χ0v) is 66.9. The lowest BCUT2D eigenvalue weighted by Gasteiger charge is -2.19. The van der Waals surface area contributed by atoms with Gasteiger partial charge in [-0.25, -0.2) is 0 Å². The van der Waals surface area contributed by atoms with Crippen LogP contribution in [0.2, 0.25) is 0 Å². The third-order valence-corrected chi connectivity index (χ3v) is 13.6. The number of rotatable bonds is 92. The topological polar surface area (TPSA) is 490 Å². The molecule has 43 heteroatoms. The van der Waals surface area contributed by atoms with Crippen LogP contribution in [0.4, 0.5) is 0 Å². The molecule has 0 spiro atoms. The van der Waals surface area contributed by atoms with Crippen LogP contribution in [0, 0.1) is 0 Å². The lowest BCUT2D eigenvalue weighted by atomic mass is 10.4. The average molecular weight is 1650 g/mol. The summed E-state index contributed by atoms with van der Waals surface area (Å²) >= 11 is 0. The quantitative estimate of drug-likeness (QED) is 0.0263. The second kappa shape index (κ2) is 87.5. The van der Waals surface area contributed by atoms with E-state index in [1.165, 1.54) is 0 Å². The number of hydrogen-bond acceptors (Lipinski definition) is 35. The van der Waals surface area contributed by atoms with Crippen LogP contribution in [0.25, 0.3) is 0 Å². The number of carboxylic acid groups (broad SMARTS) is 1. The molecule has 0 aromatic carbocycles. The highest BCUT2D eigenvalue weighted by molar-refractivity contribution is 5.79. The SMILES string of the molecule is COCCOCCOCC(=O)NCCOCCOCC(COCCOCCNC(=O)COCCOCCOC)OCC(=O)NCCOCCOCC(COCCOCCNC(=O)COC(COCCOCCNC(=O)COCCOCCOC)COCCOCCNC(=O)COCCOCCOC)OCC(=O)NCCC(=O)O. The highest BCUT2D eigenvalue weighted by Gasteiger charge is 2.18. The Morgan fingerprint density at radius 1 is 0.204 bits per heavy atom. The van der Waals surface area contributed by atoms with Gasteiger partial charge in [0.05, 0.1) is 271 Å². The van der Waals surface area contributed by atoms with Crippen molar-refractivity contribution in [3.8, 4) is 0 Å². The van der Waals surface area contributed by atoms with E-state index >= 15 is 0 Å². The summed E-state index contributed by atoms with van der Waals surface area (Å²) in [6.07, 6.45) is -2.32. The van der Waals surface area contributed by atoms with Crippen molar-refractivity contribution >= 4 is 47.3 Å². The minimum atomic E-state index is -1.08. The number of aliphatic carboxylic acids is 1. The van der Waals surface area contributed by atoms with E-state index in [2.05, 4.69) is 37.2 Å². The highest BCUT2D eigenvalue weighted by atomic mass is 16.6. The first-order valence-corrected chi connectivity index (χ1v) is 37.8. The van der Waals surface area contributed by atoms with Crippen LogP contribution < -0.4 is 37.2 Å². The number of methoxy groups -OCH3 is 4. The van der Waals surface area contributed by atoms with E-state index in [0.29, 0.717) is 79.3 Å². The van der Waals surface area contributed by atoms with Crippen LogP contribution >= 0.6 is 0 Å². The summed E-state index contributed by atoms with van der Waals surface area (Å²) in [5, 5.41) is 27.7. The summed E-state index contributed by atoms with van der Waals surface area (Å²) in [7, 11) is 6.31. The van der Waals surface area contributed by atoms with Gasteiger partial charge in [-0.1, -0.05) is 0 Å². The zero-order chi connectivity index (χ0) is 82.3. The molecule has 0 rings (SSSR count). The largest absolute Gasteiger partial charge is 0.481 e. The molecule has 0 aromatic heterocycles. The Morgan fingerprint density at radius 3 is 0.558 bits per heavy atom. The Balaban J connectivity index is 4.99. The monoisotopic (exact) mass is 1650 g/mol. The van der Waals surface area contributed by atoms with Crippen molar-refractivity contribution in [2.45, 2.75) is 24.7 Å². The van der Waals surface area contributed by atoms with Gasteiger partial charge in [-0.15, -0.1) is 0 Å². The maximum atomic E-state index is 12.8. The van der Waals surface area contributed by atoms with Gasteiger partial charge in [0.15, 0.2) is 0 Å². The van der Waals surface area contributed by atoms with E-state index in [0.717, 1.165) is 0 Å². The van der Waals surface area contributed by atoms with Gasteiger partial charge in [-0.3, -0.25) is 38.4 Å². The molecule has 0 fully saturated rings. The number of nitrogens with one attached hydrogen (secondary N) is 7. The predicted molar refractivity (Wildman–Crippen MR) is 396 cm³/mol. The third-order valence-electron chi connectivity index (χ3n) is 13.6. The van der Waals surface area contributed by atoms with Gasteiger partial charge in [0.1, 0.15) is 64.6 Å². The molecule has 0 saturated carbocycles. The van der Waals surface area contributed by atoms with Crippen molar-refractivity contribution in [2.24, 2.45) is 0 Å². The standard InChI is InChI=1S/C70H133N7O36/c1-87-19-23-97-33-43-107-53-63(78)72-7-13-91-27-37-103-49-61(50-104-38-28-92-14-8-73-64(79)54-108-44-34-98-24-20-88-2)112-58-68(83)76-11-17-95-31-41-101-47-60(111-57-67(82)71-6-5-70(85)86)48-102-42-32-96-18-12-77-69(84)59-113-62(51-105-39-29-93-15-9-74-65(80)55-109-45-35-99-25-21-89-3)52-106-40-30-94-16-10-75-66(81)56-110-46-36-100-26-22-90-4/h60-62H,5-59H2,1-4H3,(H,71,82)(H,72,78)(H,73,79)(H,74,80)(H,75,81)(H,76,83)(H,77,84)(H,85,86). The molecule has 0 bridgehead atoms. The first-order chi connectivity index (χ1) is 55.3. The summed E-state index contributed by atoms with van der Waals surface area (Å²) in [4.78, 5) is 97.1. The molecular weight excluding hydrogens is 1510 g/mol. The Hall–Kier alpha value is -5.32. The number of carbonyl (C=O) groups excluding carboxylic acids is 7. The summed E-state index contributed by atoms with van der Waals surface area (Å²) < 4.78 is 147. The fourth-order valence-electron chi connectivity index (χ4n) is 7.97. The van der Waals surface area contributed by atoms with E-state index in [9.17, 15) is 38.4 Å². The Bertz CT molecular complexity index is 1980. The van der Waals surface area contributed by atoms with E-state index in [-0.39, 0.29) is 300 Å². The maximum absolute atomic E-state index is 12.8. The van der Waals surface area contributed by atoms with Crippen molar-refractivity contribution in [3.05, 3.63) is 0 Å². The Morgan fingerprint density at radius 2 is 0.363 bits per heavy atom. The van der Waals surface area contributed by atoms with Crippen LogP contribution in [0.5, 0.6) is 0 Å². The lowest BCUT2D eigenvalue weighted by Crippen LogP contribution is -2.35. The molecule has 43 nitrogen and oxygen atoms in total. The normalized spacial score (nSPS) is 11.5. The molecular formula is C70H133N7O36. The van der Waals surface area contributed by atoms with Crippen molar-refractivity contribution in [2.75, 3.05) is 385 Å². The minimum absolute atomic E-state index is 0.0135. The van der Waals surface area contributed by atoms with Crippen LogP contribution in [0.15, 0.2) is 0 Å². The van der Waals surface area contributed by atoms with Crippen LogP contribution in [0.3, 0.4) is 0 Å². The van der Waals surface area contributed by atoms with Gasteiger partial charge in [0.25, 0.3) is 0 Å². The van der Waals surface area contributed by atoms with Crippen molar-refractivity contribution in [1.82, 2.24) is 37.2 Å². The zero-order valence-electron chi connectivity index (χ0n) is 66.9. The van der Waals surface area contributed by atoms with E-state index in [1.54, 1.807) is 28.4 Å². The number of hydrogen-bond donors (Lipinski definition) is 8. The number of ether oxygens (including phenoxy) is 27. The molecule has 0 unspecified atom stereocenters. The lowest BCUT2D eigenvalue weighted by molar-refractivity contribution is -0.137. The molecule has 7 amide bonds. The average Bonchev–Trinajstić information content (AvgIpc) is 1.01. The number of carboxylic acids is 1. The van der Waals surface area contributed by atoms with Crippen LogP contribution in [0.1, 0.15) is 6.42 Å². The molecule has 664 valence electrons. The highest BCUT2D eigenvalue weighted by Crippen LogP contribution is 2.01. The van der Waals surface area contributed by atoms with E-state index in [4.69, 9.17) is 133 Å². The Labute approximate surface area is 663 Å². The molecule has 8 N–H and O–H groups in total. The van der Waals surface area contributed by atoms with Gasteiger partial charge < -0.3 is 170 Å². The molecule has 0 aromatic rings. The Kier molecular flexibility index (Phi) is 83.4. The smallest absolute Gasteiger partial charge is 0.305 e. The molecule has 0 atom stereocenters. The van der Waals surface area contributed by atoms with E-state index in [1.807, 2.05) is 0 Å². The van der Waals surface area contributed by atoms with E-state index < -0.39 is 48.6 Å². The third kappa shape index (κ3) is 84.4.